The minimum atomic E-state index is -0.685. The molecule has 26 heavy (non-hydrogen) atoms. The molecule has 0 saturated carbocycles. The van der Waals surface area contributed by atoms with E-state index in [4.69, 9.17) is 4.74 Å². The monoisotopic (exact) mass is 360 g/mol. The summed E-state index contributed by atoms with van der Waals surface area (Å²) in [6.45, 7) is 5.40. The number of rotatable bonds is 4. The number of aliphatic hydroxyl groups is 1. The summed E-state index contributed by atoms with van der Waals surface area (Å²) < 4.78 is 5.47. The lowest BCUT2D eigenvalue weighted by atomic mass is 9.95. The molecular weight excluding hydrogens is 332 g/mol. The van der Waals surface area contributed by atoms with Crippen molar-refractivity contribution in [3.8, 4) is 0 Å². The second-order valence-corrected chi connectivity index (χ2v) is 8.08. The molecule has 2 aliphatic heterocycles. The fraction of sp³-hybridized carbons (Fsp3) is 0.600. The Balaban J connectivity index is 1.59. The quantitative estimate of drug-likeness (QED) is 0.865. The number of hydrogen-bond donors (Lipinski definition) is 2. The van der Waals surface area contributed by atoms with E-state index in [2.05, 4.69) is 5.32 Å². The summed E-state index contributed by atoms with van der Waals surface area (Å²) in [5.41, 5.74) is 0.652. The molecule has 0 unspecified atom stereocenters. The van der Waals surface area contributed by atoms with Gasteiger partial charge < -0.3 is 20.1 Å². The van der Waals surface area contributed by atoms with Gasteiger partial charge in [-0.1, -0.05) is 12.1 Å². The highest BCUT2D eigenvalue weighted by Crippen LogP contribution is 2.29. The molecule has 2 fully saturated rings. The van der Waals surface area contributed by atoms with E-state index >= 15 is 0 Å². The van der Waals surface area contributed by atoms with E-state index in [1.807, 2.05) is 29.2 Å². The molecule has 0 bridgehead atoms. The van der Waals surface area contributed by atoms with E-state index in [9.17, 15) is 14.7 Å². The molecule has 2 N–H and O–H groups in total. The minimum Gasteiger partial charge on any atom is -0.441 e. The zero-order chi connectivity index (χ0) is 18.8. The maximum atomic E-state index is 12.8. The van der Waals surface area contributed by atoms with Crippen LogP contribution in [0.4, 0.5) is 4.79 Å². The molecule has 6 heteroatoms. The molecule has 2 heterocycles. The lowest BCUT2D eigenvalue weighted by Gasteiger charge is -2.25. The maximum Gasteiger partial charge on any atom is 0.407 e. The first-order valence-corrected chi connectivity index (χ1v) is 9.34. The number of amides is 2. The molecule has 2 aliphatic rings. The fourth-order valence-corrected chi connectivity index (χ4v) is 3.60. The predicted octanol–water partition coefficient (Wildman–Crippen LogP) is 2.49. The molecule has 2 saturated heterocycles. The van der Waals surface area contributed by atoms with E-state index in [0.717, 1.165) is 24.8 Å². The van der Waals surface area contributed by atoms with Gasteiger partial charge in [0.1, 0.15) is 5.60 Å². The largest absolute Gasteiger partial charge is 0.441 e. The van der Waals surface area contributed by atoms with Gasteiger partial charge in [0.15, 0.2) is 0 Å². The predicted molar refractivity (Wildman–Crippen MR) is 98.0 cm³/mol. The van der Waals surface area contributed by atoms with Crippen molar-refractivity contribution < 1.29 is 19.4 Å². The van der Waals surface area contributed by atoms with Gasteiger partial charge in [-0.2, -0.15) is 0 Å². The Morgan fingerprint density at radius 3 is 2.62 bits per heavy atom. The molecular formula is C20H28N2O4. The lowest BCUT2D eigenvalue weighted by Crippen LogP contribution is -2.36. The Bertz CT molecular complexity index is 665. The highest BCUT2D eigenvalue weighted by Gasteiger charge is 2.41. The molecule has 3 rings (SSSR count). The van der Waals surface area contributed by atoms with Crippen LogP contribution in [-0.4, -0.2) is 52.8 Å². The van der Waals surface area contributed by atoms with Crippen LogP contribution in [0, 0.1) is 0 Å². The number of likely N-dealkylation sites (tertiary alicyclic amines) is 1. The molecule has 0 radical (unpaired) electrons. The molecule has 1 spiro atoms. The number of benzene rings is 1. The van der Waals surface area contributed by atoms with E-state index in [1.165, 1.54) is 0 Å². The van der Waals surface area contributed by atoms with Crippen LogP contribution in [0.15, 0.2) is 24.3 Å². The van der Waals surface area contributed by atoms with Crippen molar-refractivity contribution >= 4 is 12.0 Å². The van der Waals surface area contributed by atoms with E-state index in [1.54, 1.807) is 13.8 Å². The van der Waals surface area contributed by atoms with Crippen LogP contribution in [0.25, 0.3) is 0 Å². The zero-order valence-corrected chi connectivity index (χ0v) is 15.6. The molecule has 0 aromatic heterocycles. The van der Waals surface area contributed by atoms with Crippen LogP contribution in [0.5, 0.6) is 0 Å². The number of aryl methyl sites for hydroxylation is 1. The molecule has 6 nitrogen and oxygen atoms in total. The third kappa shape index (κ3) is 4.55. The number of hydrogen-bond acceptors (Lipinski definition) is 4. The van der Waals surface area contributed by atoms with Gasteiger partial charge in [-0.3, -0.25) is 4.79 Å². The first-order chi connectivity index (χ1) is 12.3. The van der Waals surface area contributed by atoms with Crippen molar-refractivity contribution in [1.29, 1.82) is 0 Å². The van der Waals surface area contributed by atoms with Crippen LogP contribution < -0.4 is 5.32 Å². The van der Waals surface area contributed by atoms with Crippen molar-refractivity contribution in [1.82, 2.24) is 10.2 Å². The van der Waals surface area contributed by atoms with Gasteiger partial charge >= 0.3 is 6.09 Å². The van der Waals surface area contributed by atoms with Crippen LogP contribution in [0.1, 0.15) is 55.5 Å². The smallest absolute Gasteiger partial charge is 0.407 e. The molecule has 0 aliphatic carbocycles. The van der Waals surface area contributed by atoms with Crippen molar-refractivity contribution in [2.45, 2.75) is 57.2 Å². The summed E-state index contributed by atoms with van der Waals surface area (Å²) in [6, 6.07) is 7.64. The molecule has 1 aromatic carbocycles. The van der Waals surface area contributed by atoms with E-state index < -0.39 is 11.2 Å². The van der Waals surface area contributed by atoms with Gasteiger partial charge in [0.05, 0.1) is 12.1 Å². The Morgan fingerprint density at radius 1 is 1.27 bits per heavy atom. The van der Waals surface area contributed by atoms with Gasteiger partial charge in [-0.15, -0.1) is 0 Å². The summed E-state index contributed by atoms with van der Waals surface area (Å²) in [5.74, 6) is 0.0216. The van der Waals surface area contributed by atoms with Gasteiger partial charge in [0, 0.05) is 25.1 Å². The average molecular weight is 360 g/mol. The molecule has 142 valence electrons. The van der Waals surface area contributed by atoms with E-state index in [-0.39, 0.29) is 12.0 Å². The summed E-state index contributed by atoms with van der Waals surface area (Å²) in [5, 5.41) is 12.6. The Hall–Kier alpha value is -2.08. The second-order valence-electron chi connectivity index (χ2n) is 8.08. The highest BCUT2D eigenvalue weighted by molar-refractivity contribution is 5.94. The Morgan fingerprint density at radius 2 is 2.00 bits per heavy atom. The van der Waals surface area contributed by atoms with Crippen LogP contribution >= 0.6 is 0 Å². The van der Waals surface area contributed by atoms with Crippen molar-refractivity contribution in [3.05, 3.63) is 35.4 Å². The number of nitrogens with zero attached hydrogens (tertiary/aromatic N) is 1. The molecule has 2 amide bonds. The van der Waals surface area contributed by atoms with Gasteiger partial charge in [0.2, 0.25) is 0 Å². The third-order valence-electron chi connectivity index (χ3n) is 5.28. The van der Waals surface area contributed by atoms with Crippen LogP contribution in [0.2, 0.25) is 0 Å². The normalized spacial score (nSPS) is 23.5. The van der Waals surface area contributed by atoms with Crippen molar-refractivity contribution in [2.24, 2.45) is 0 Å². The van der Waals surface area contributed by atoms with Crippen LogP contribution in [-0.2, 0) is 11.2 Å². The Kier molecular flexibility index (Phi) is 5.23. The maximum absolute atomic E-state index is 12.8. The standard InChI is InChI=1S/C20H28N2O4/c1-19(2,25)10-8-15-4-6-16(7-5-15)17(23)22-12-3-9-20(11-13-22)14-21-18(24)26-20/h4-7,25H,3,8-14H2,1-2H3,(H,21,24)/t20-/m0/s1. The zero-order valence-electron chi connectivity index (χ0n) is 15.6. The van der Waals surface area contributed by atoms with E-state index in [0.29, 0.717) is 38.0 Å². The van der Waals surface area contributed by atoms with Gasteiger partial charge in [0.25, 0.3) is 5.91 Å². The van der Waals surface area contributed by atoms with Crippen LogP contribution in [0.3, 0.4) is 0 Å². The second kappa shape index (κ2) is 7.27. The average Bonchev–Trinajstić information content (AvgIpc) is 2.83. The molecule has 1 aromatic rings. The minimum absolute atomic E-state index is 0.0216. The van der Waals surface area contributed by atoms with Crippen molar-refractivity contribution in [3.63, 3.8) is 0 Å². The molecule has 1 atom stereocenters. The number of alkyl carbamates (subject to hydrolysis) is 1. The summed E-state index contributed by atoms with van der Waals surface area (Å²) in [7, 11) is 0. The topological polar surface area (TPSA) is 78.9 Å². The number of nitrogens with one attached hydrogen (secondary N) is 1. The number of carbonyl (C=O) groups excluding carboxylic acids is 2. The summed E-state index contributed by atoms with van der Waals surface area (Å²) in [6.07, 6.45) is 3.38. The highest BCUT2D eigenvalue weighted by atomic mass is 16.6. The third-order valence-corrected chi connectivity index (χ3v) is 5.28. The Labute approximate surface area is 154 Å². The fourth-order valence-electron chi connectivity index (χ4n) is 3.60. The first-order valence-electron chi connectivity index (χ1n) is 9.34. The van der Waals surface area contributed by atoms with Gasteiger partial charge in [-0.05, 0) is 57.2 Å². The summed E-state index contributed by atoms with van der Waals surface area (Å²) >= 11 is 0. The van der Waals surface area contributed by atoms with Crippen molar-refractivity contribution in [2.75, 3.05) is 19.6 Å². The van der Waals surface area contributed by atoms with Gasteiger partial charge in [-0.25, -0.2) is 4.79 Å². The lowest BCUT2D eigenvalue weighted by molar-refractivity contribution is 0.0438. The number of carbonyl (C=O) groups is 2. The number of ether oxygens (including phenoxy) is 1. The SMILES string of the molecule is CC(C)(O)CCc1ccc(C(=O)N2CCC[C@]3(CC2)CNC(=O)O3)cc1. The first kappa shape index (κ1) is 18.7. The summed E-state index contributed by atoms with van der Waals surface area (Å²) in [4.78, 5) is 26.0.